The Kier molecular flexibility index (Phi) is 8.68. The number of hydrogen-bond donors (Lipinski definition) is 1. The van der Waals surface area contributed by atoms with Gasteiger partial charge < -0.3 is 19.3 Å². The van der Waals surface area contributed by atoms with Crippen molar-refractivity contribution in [2.75, 3.05) is 27.4 Å². The monoisotopic (exact) mass is 588 g/mol. The number of carboxylic acids is 1. The quantitative estimate of drug-likeness (QED) is 0.264. The molecule has 1 N–H and O–H groups in total. The summed E-state index contributed by atoms with van der Waals surface area (Å²) in [6.07, 6.45) is 7.09. The fourth-order valence-corrected chi connectivity index (χ4v) is 7.05. The minimum Gasteiger partial charge on any atom is -0.485 e. The normalized spacial score (nSPS) is 21.6. The highest BCUT2D eigenvalue weighted by molar-refractivity contribution is 5.71. The molecular weight excluding hydrogens is 547 g/mol. The zero-order valence-corrected chi connectivity index (χ0v) is 25.2. The van der Waals surface area contributed by atoms with Crippen LogP contribution in [0.3, 0.4) is 0 Å². The van der Waals surface area contributed by atoms with Crippen LogP contribution in [0.2, 0.25) is 0 Å². The minimum absolute atomic E-state index is 0.00887. The number of aliphatic carboxylic acids is 1. The molecule has 1 aromatic heterocycles. The summed E-state index contributed by atoms with van der Waals surface area (Å²) in [5.41, 5.74) is 5.57. The number of benzene rings is 2. The topological polar surface area (TPSA) is 81.1 Å². The molecule has 0 bridgehead atoms. The number of carboxylic acid groups (broad SMARTS) is 1. The van der Waals surface area contributed by atoms with Gasteiger partial charge in [0.25, 0.3) is 0 Å². The van der Waals surface area contributed by atoms with E-state index in [4.69, 9.17) is 14.2 Å². The molecule has 1 aliphatic carbocycles. The SMILES string of the molecule is COC[C@@H]1CCCN1Cc1cc([C@@H]2CCc3ccc(C(C4CC4)[C@H](C)C(=O)O)cc3O2)ccc1-c1cc(OC)ncc1F. The fourth-order valence-electron chi connectivity index (χ4n) is 7.05. The van der Waals surface area contributed by atoms with Crippen LogP contribution in [0.4, 0.5) is 4.39 Å². The number of pyridine rings is 1. The summed E-state index contributed by atoms with van der Waals surface area (Å²) in [5.74, 6) is 0.0289. The molecule has 1 saturated carbocycles. The Labute approximate surface area is 253 Å². The second kappa shape index (κ2) is 12.6. The summed E-state index contributed by atoms with van der Waals surface area (Å²) in [6.45, 7) is 4.12. The predicted molar refractivity (Wildman–Crippen MR) is 162 cm³/mol. The van der Waals surface area contributed by atoms with E-state index in [9.17, 15) is 9.90 Å². The van der Waals surface area contributed by atoms with E-state index < -0.39 is 11.9 Å². The first kappa shape index (κ1) is 29.6. The molecule has 2 fully saturated rings. The molecule has 7 nitrogen and oxygen atoms in total. The van der Waals surface area contributed by atoms with Crippen molar-refractivity contribution in [3.63, 3.8) is 0 Å². The van der Waals surface area contributed by atoms with Gasteiger partial charge in [-0.25, -0.2) is 9.37 Å². The molecule has 2 aliphatic heterocycles. The largest absolute Gasteiger partial charge is 0.485 e. The van der Waals surface area contributed by atoms with E-state index in [0.717, 1.165) is 78.6 Å². The molecule has 1 saturated heterocycles. The Bertz CT molecular complexity index is 1470. The van der Waals surface area contributed by atoms with Gasteiger partial charge in [0.05, 0.1) is 25.8 Å². The molecule has 4 atom stereocenters. The number of likely N-dealkylation sites (tertiary alicyclic amines) is 1. The summed E-state index contributed by atoms with van der Waals surface area (Å²) < 4.78 is 32.6. The van der Waals surface area contributed by atoms with Gasteiger partial charge in [-0.3, -0.25) is 9.69 Å². The van der Waals surface area contributed by atoms with Crippen molar-refractivity contribution in [2.45, 2.75) is 70.1 Å². The van der Waals surface area contributed by atoms with Gasteiger partial charge in [0.2, 0.25) is 5.88 Å². The lowest BCUT2D eigenvalue weighted by Gasteiger charge is -2.30. The van der Waals surface area contributed by atoms with Crippen molar-refractivity contribution in [1.29, 1.82) is 0 Å². The number of rotatable bonds is 11. The van der Waals surface area contributed by atoms with Crippen molar-refractivity contribution in [3.05, 3.63) is 76.7 Å². The number of fused-ring (bicyclic) bond motifs is 1. The highest BCUT2D eigenvalue weighted by atomic mass is 19.1. The number of aromatic nitrogens is 1. The van der Waals surface area contributed by atoms with E-state index in [1.807, 2.05) is 19.1 Å². The number of aryl methyl sites for hydroxylation is 1. The highest BCUT2D eigenvalue weighted by Crippen LogP contribution is 2.48. The van der Waals surface area contributed by atoms with Crippen LogP contribution in [0.5, 0.6) is 11.6 Å². The number of methoxy groups -OCH3 is 2. The van der Waals surface area contributed by atoms with Gasteiger partial charge in [0, 0.05) is 31.3 Å². The Morgan fingerprint density at radius 1 is 1.12 bits per heavy atom. The van der Waals surface area contributed by atoms with E-state index in [2.05, 4.69) is 34.1 Å². The number of carbonyl (C=O) groups is 1. The molecule has 6 rings (SSSR count). The lowest BCUT2D eigenvalue weighted by molar-refractivity contribution is -0.142. The van der Waals surface area contributed by atoms with Crippen molar-refractivity contribution in [1.82, 2.24) is 9.88 Å². The van der Waals surface area contributed by atoms with E-state index in [1.54, 1.807) is 13.2 Å². The maximum atomic E-state index is 15.2. The number of ether oxygens (including phenoxy) is 3. The van der Waals surface area contributed by atoms with E-state index >= 15 is 4.39 Å². The number of nitrogens with zero attached hydrogens (tertiary/aromatic N) is 2. The van der Waals surface area contributed by atoms with Crippen LogP contribution in [0.25, 0.3) is 11.1 Å². The van der Waals surface area contributed by atoms with Crippen LogP contribution in [0, 0.1) is 17.7 Å². The van der Waals surface area contributed by atoms with Crippen LogP contribution in [-0.2, 0) is 22.5 Å². The zero-order valence-electron chi connectivity index (χ0n) is 25.2. The van der Waals surface area contributed by atoms with Gasteiger partial charge in [0.1, 0.15) is 17.7 Å². The van der Waals surface area contributed by atoms with Gasteiger partial charge in [-0.05, 0) is 90.8 Å². The smallest absolute Gasteiger partial charge is 0.306 e. The Balaban J connectivity index is 1.32. The molecule has 3 aliphatic rings. The van der Waals surface area contributed by atoms with Crippen molar-refractivity contribution >= 4 is 5.97 Å². The van der Waals surface area contributed by atoms with Crippen molar-refractivity contribution in [2.24, 2.45) is 11.8 Å². The van der Waals surface area contributed by atoms with Crippen LogP contribution in [0.1, 0.15) is 73.3 Å². The Hall–Kier alpha value is -3.49. The molecule has 0 amide bonds. The molecule has 2 aromatic carbocycles. The number of halogens is 1. The maximum absolute atomic E-state index is 15.2. The molecular formula is C35H41FN2O5. The van der Waals surface area contributed by atoms with Crippen LogP contribution in [-0.4, -0.2) is 54.4 Å². The maximum Gasteiger partial charge on any atom is 0.306 e. The zero-order chi connectivity index (χ0) is 30.1. The fraction of sp³-hybridized carbons (Fsp3) is 0.486. The van der Waals surface area contributed by atoms with Crippen LogP contribution in [0.15, 0.2) is 48.7 Å². The molecule has 3 aromatic rings. The van der Waals surface area contributed by atoms with Gasteiger partial charge in [0.15, 0.2) is 0 Å². The highest BCUT2D eigenvalue weighted by Gasteiger charge is 2.39. The lowest BCUT2D eigenvalue weighted by Crippen LogP contribution is -2.32. The first-order valence-electron chi connectivity index (χ1n) is 15.4. The third-order valence-corrected chi connectivity index (χ3v) is 9.54. The summed E-state index contributed by atoms with van der Waals surface area (Å²) in [6, 6.07) is 14.5. The van der Waals surface area contributed by atoms with Crippen LogP contribution >= 0.6 is 0 Å². The second-order valence-electron chi connectivity index (χ2n) is 12.3. The lowest BCUT2D eigenvalue weighted by atomic mass is 9.82. The Morgan fingerprint density at radius 3 is 2.70 bits per heavy atom. The second-order valence-corrected chi connectivity index (χ2v) is 12.3. The van der Waals surface area contributed by atoms with Gasteiger partial charge in [-0.2, -0.15) is 0 Å². The molecule has 1 unspecified atom stereocenters. The van der Waals surface area contributed by atoms with Crippen molar-refractivity contribution in [3.8, 4) is 22.8 Å². The van der Waals surface area contributed by atoms with E-state index in [1.165, 1.54) is 13.3 Å². The van der Waals surface area contributed by atoms with Crippen LogP contribution < -0.4 is 9.47 Å². The molecule has 43 heavy (non-hydrogen) atoms. The van der Waals surface area contributed by atoms with E-state index in [-0.39, 0.29) is 17.8 Å². The third kappa shape index (κ3) is 6.27. The van der Waals surface area contributed by atoms with Gasteiger partial charge >= 0.3 is 5.97 Å². The average Bonchev–Trinajstić information content (AvgIpc) is 3.76. The summed E-state index contributed by atoms with van der Waals surface area (Å²) >= 11 is 0. The molecule has 0 radical (unpaired) electrons. The summed E-state index contributed by atoms with van der Waals surface area (Å²) in [5, 5.41) is 9.77. The summed E-state index contributed by atoms with van der Waals surface area (Å²) in [7, 11) is 3.27. The average molecular weight is 589 g/mol. The third-order valence-electron chi connectivity index (χ3n) is 9.54. The predicted octanol–water partition coefficient (Wildman–Crippen LogP) is 6.79. The molecule has 8 heteroatoms. The molecule has 228 valence electrons. The Morgan fingerprint density at radius 2 is 1.95 bits per heavy atom. The van der Waals surface area contributed by atoms with Gasteiger partial charge in [-0.15, -0.1) is 0 Å². The van der Waals surface area contributed by atoms with E-state index in [0.29, 0.717) is 36.6 Å². The first-order chi connectivity index (χ1) is 20.9. The van der Waals surface area contributed by atoms with Crippen molar-refractivity contribution < 1.29 is 28.5 Å². The van der Waals surface area contributed by atoms with Gasteiger partial charge in [-0.1, -0.05) is 37.3 Å². The minimum atomic E-state index is -0.755. The first-order valence-corrected chi connectivity index (χ1v) is 15.4. The summed E-state index contributed by atoms with van der Waals surface area (Å²) in [4.78, 5) is 18.4. The molecule has 3 heterocycles. The number of hydrogen-bond acceptors (Lipinski definition) is 6. The molecule has 0 spiro atoms. The standard InChI is InChI=1S/C35H41FN2O5/c1-21(35(39)40)34(23-7-8-23)25-9-6-22-11-13-31(43-32(22)16-25)24-10-12-28(29-17-33(42-3)37-18-30(29)36)26(15-24)19-38-14-4-5-27(38)20-41-2/h6,9-10,12,15-18,21,23,27,31,34H,4-5,7-8,11,13-14,19-20H2,1-3H3,(H,39,40)/t21-,27-,31-,34?/m0/s1.